The highest BCUT2D eigenvalue weighted by molar-refractivity contribution is 5.85. The van der Waals surface area contributed by atoms with E-state index >= 15 is 0 Å². The Labute approximate surface area is 127 Å². The van der Waals surface area contributed by atoms with E-state index in [-0.39, 0.29) is 12.4 Å². The molecule has 4 rings (SSSR count). The SMILES string of the molecule is COc1cc2c3c(c1)C1CCCC1CN3CCNC2.Cl. The molecule has 4 heteroatoms. The van der Waals surface area contributed by atoms with Crippen molar-refractivity contribution in [2.45, 2.75) is 31.7 Å². The van der Waals surface area contributed by atoms with Gasteiger partial charge in [0.15, 0.2) is 0 Å². The lowest BCUT2D eigenvalue weighted by Crippen LogP contribution is -2.38. The van der Waals surface area contributed by atoms with Gasteiger partial charge < -0.3 is 15.0 Å². The summed E-state index contributed by atoms with van der Waals surface area (Å²) in [6.45, 7) is 4.48. The molecule has 3 aliphatic rings. The molecule has 1 aromatic rings. The standard InChI is InChI=1S/C16H22N2O.ClH/c1-19-13-7-12-9-17-5-6-18-10-11-3-2-4-14(11)15(8-13)16(12)18;/h7-8,11,14,17H,2-6,9-10H2,1H3;1H. The van der Waals surface area contributed by atoms with Gasteiger partial charge >= 0.3 is 0 Å². The van der Waals surface area contributed by atoms with Gasteiger partial charge in [-0.25, -0.2) is 0 Å². The van der Waals surface area contributed by atoms with Crippen LogP contribution in [0.4, 0.5) is 5.69 Å². The summed E-state index contributed by atoms with van der Waals surface area (Å²) in [7, 11) is 1.78. The molecule has 0 saturated heterocycles. The van der Waals surface area contributed by atoms with Crippen molar-refractivity contribution >= 4 is 18.1 Å². The zero-order chi connectivity index (χ0) is 12.8. The topological polar surface area (TPSA) is 24.5 Å². The molecule has 0 bridgehead atoms. The highest BCUT2D eigenvalue weighted by atomic mass is 35.5. The summed E-state index contributed by atoms with van der Waals surface area (Å²) in [5, 5.41) is 3.54. The van der Waals surface area contributed by atoms with Gasteiger partial charge in [-0.1, -0.05) is 6.42 Å². The number of halogens is 1. The minimum Gasteiger partial charge on any atom is -0.497 e. The highest BCUT2D eigenvalue weighted by Crippen LogP contribution is 2.50. The van der Waals surface area contributed by atoms with E-state index in [1.807, 2.05) is 0 Å². The number of ether oxygens (including phenoxy) is 1. The predicted molar refractivity (Wildman–Crippen MR) is 84.2 cm³/mol. The third kappa shape index (κ3) is 2.08. The molecule has 1 aromatic carbocycles. The Bertz CT molecular complexity index is 505. The van der Waals surface area contributed by atoms with Gasteiger partial charge in [0.1, 0.15) is 5.75 Å². The molecule has 110 valence electrons. The molecule has 3 nitrogen and oxygen atoms in total. The molecule has 20 heavy (non-hydrogen) atoms. The summed E-state index contributed by atoms with van der Waals surface area (Å²) >= 11 is 0. The van der Waals surface area contributed by atoms with Crippen molar-refractivity contribution in [1.29, 1.82) is 0 Å². The summed E-state index contributed by atoms with van der Waals surface area (Å²) in [5.41, 5.74) is 4.51. The maximum Gasteiger partial charge on any atom is 0.119 e. The van der Waals surface area contributed by atoms with Crippen molar-refractivity contribution in [3.63, 3.8) is 0 Å². The monoisotopic (exact) mass is 294 g/mol. The second-order valence-electron chi connectivity index (χ2n) is 6.14. The molecule has 1 aliphatic carbocycles. The van der Waals surface area contributed by atoms with Crippen LogP contribution in [0.3, 0.4) is 0 Å². The largest absolute Gasteiger partial charge is 0.497 e. The zero-order valence-electron chi connectivity index (χ0n) is 12.0. The second-order valence-corrected chi connectivity index (χ2v) is 6.14. The molecule has 0 radical (unpaired) electrons. The molecule has 0 amide bonds. The van der Waals surface area contributed by atoms with Crippen LogP contribution in [0.25, 0.3) is 0 Å². The van der Waals surface area contributed by atoms with Gasteiger partial charge in [-0.3, -0.25) is 0 Å². The van der Waals surface area contributed by atoms with Gasteiger partial charge in [0.05, 0.1) is 7.11 Å². The molecular formula is C16H23ClN2O. The van der Waals surface area contributed by atoms with Crippen LogP contribution < -0.4 is 15.0 Å². The minimum atomic E-state index is 0. The van der Waals surface area contributed by atoms with Crippen LogP contribution >= 0.6 is 12.4 Å². The highest BCUT2D eigenvalue weighted by Gasteiger charge is 2.38. The molecule has 2 atom stereocenters. The Hall–Kier alpha value is -0.930. The van der Waals surface area contributed by atoms with E-state index in [4.69, 9.17) is 4.74 Å². The Morgan fingerprint density at radius 1 is 1.30 bits per heavy atom. The number of hydrogen-bond acceptors (Lipinski definition) is 3. The molecule has 2 heterocycles. The van der Waals surface area contributed by atoms with Crippen molar-refractivity contribution in [2.75, 3.05) is 31.6 Å². The quantitative estimate of drug-likeness (QED) is 0.862. The number of methoxy groups -OCH3 is 1. The van der Waals surface area contributed by atoms with E-state index in [1.165, 1.54) is 37.1 Å². The Balaban J connectivity index is 0.00000121. The number of nitrogens with one attached hydrogen (secondary N) is 1. The van der Waals surface area contributed by atoms with Crippen molar-refractivity contribution in [1.82, 2.24) is 5.32 Å². The van der Waals surface area contributed by atoms with Gasteiger partial charge in [-0.15, -0.1) is 12.4 Å². The molecule has 0 spiro atoms. The third-order valence-corrected chi connectivity index (χ3v) is 5.13. The number of benzene rings is 1. The maximum absolute atomic E-state index is 5.53. The van der Waals surface area contributed by atoms with Crippen LogP contribution in [0.5, 0.6) is 5.75 Å². The van der Waals surface area contributed by atoms with E-state index in [9.17, 15) is 0 Å². The first-order chi connectivity index (χ1) is 9.36. The minimum absolute atomic E-state index is 0. The smallest absolute Gasteiger partial charge is 0.119 e. The molecule has 1 N–H and O–H groups in total. The van der Waals surface area contributed by atoms with E-state index in [2.05, 4.69) is 22.3 Å². The average molecular weight is 295 g/mol. The summed E-state index contributed by atoms with van der Waals surface area (Å²) in [4.78, 5) is 2.62. The predicted octanol–water partition coefficient (Wildman–Crippen LogP) is 2.92. The van der Waals surface area contributed by atoms with Gasteiger partial charge in [0.25, 0.3) is 0 Å². The van der Waals surface area contributed by atoms with E-state index in [0.29, 0.717) is 0 Å². The Morgan fingerprint density at radius 2 is 2.20 bits per heavy atom. The van der Waals surface area contributed by atoms with Crippen molar-refractivity contribution in [2.24, 2.45) is 5.92 Å². The number of hydrogen-bond donors (Lipinski definition) is 1. The van der Waals surface area contributed by atoms with Crippen LogP contribution in [0.2, 0.25) is 0 Å². The summed E-state index contributed by atoms with van der Waals surface area (Å²) in [6, 6.07) is 4.53. The number of anilines is 1. The molecule has 2 aliphatic heterocycles. The third-order valence-electron chi connectivity index (χ3n) is 5.13. The van der Waals surface area contributed by atoms with Gasteiger partial charge in [-0.2, -0.15) is 0 Å². The first-order valence-electron chi connectivity index (χ1n) is 7.53. The fourth-order valence-corrected chi connectivity index (χ4v) is 4.29. The van der Waals surface area contributed by atoms with E-state index < -0.39 is 0 Å². The van der Waals surface area contributed by atoms with E-state index in [0.717, 1.165) is 37.2 Å². The first-order valence-corrected chi connectivity index (χ1v) is 7.53. The number of nitrogens with zero attached hydrogens (tertiary/aromatic N) is 1. The number of fused-ring (bicyclic) bond motifs is 2. The van der Waals surface area contributed by atoms with Gasteiger partial charge in [-0.05, 0) is 47.9 Å². The Morgan fingerprint density at radius 3 is 3.05 bits per heavy atom. The first kappa shape index (κ1) is 14.0. The van der Waals surface area contributed by atoms with Crippen LogP contribution in [0.15, 0.2) is 12.1 Å². The second kappa shape index (κ2) is 5.45. The summed E-state index contributed by atoms with van der Waals surface area (Å²) in [6.07, 6.45) is 4.17. The normalized spacial score (nSPS) is 27.1. The van der Waals surface area contributed by atoms with Crippen LogP contribution in [0, 0.1) is 5.92 Å². The summed E-state index contributed by atoms with van der Waals surface area (Å²) < 4.78 is 5.53. The zero-order valence-corrected chi connectivity index (χ0v) is 12.8. The molecule has 2 unspecified atom stereocenters. The fourth-order valence-electron chi connectivity index (χ4n) is 4.29. The lowest BCUT2D eigenvalue weighted by molar-refractivity contribution is 0.409. The van der Waals surface area contributed by atoms with Crippen molar-refractivity contribution in [3.05, 3.63) is 23.3 Å². The molecule has 0 aromatic heterocycles. The van der Waals surface area contributed by atoms with E-state index in [1.54, 1.807) is 12.7 Å². The van der Waals surface area contributed by atoms with Gasteiger partial charge in [0.2, 0.25) is 0 Å². The lowest BCUT2D eigenvalue weighted by atomic mass is 9.82. The lowest BCUT2D eigenvalue weighted by Gasteiger charge is -2.39. The number of rotatable bonds is 1. The fraction of sp³-hybridized carbons (Fsp3) is 0.625. The van der Waals surface area contributed by atoms with Crippen molar-refractivity contribution < 1.29 is 4.74 Å². The van der Waals surface area contributed by atoms with Crippen LogP contribution in [-0.2, 0) is 6.54 Å². The Kier molecular flexibility index (Phi) is 3.83. The van der Waals surface area contributed by atoms with Gasteiger partial charge in [0, 0.05) is 31.9 Å². The molecular weight excluding hydrogens is 272 g/mol. The van der Waals surface area contributed by atoms with Crippen LogP contribution in [-0.4, -0.2) is 26.7 Å². The molecule has 1 saturated carbocycles. The van der Waals surface area contributed by atoms with Crippen molar-refractivity contribution in [3.8, 4) is 5.75 Å². The average Bonchev–Trinajstić information content (AvgIpc) is 2.81. The molecule has 1 fully saturated rings. The maximum atomic E-state index is 5.53. The van der Waals surface area contributed by atoms with Crippen LogP contribution in [0.1, 0.15) is 36.3 Å². The summed E-state index contributed by atoms with van der Waals surface area (Å²) in [5.74, 6) is 2.67.